The predicted octanol–water partition coefficient (Wildman–Crippen LogP) is 11.9. The Morgan fingerprint density at radius 2 is 0.818 bits per heavy atom. The van der Waals surface area contributed by atoms with Gasteiger partial charge >= 0.3 is 0 Å². The van der Waals surface area contributed by atoms with Crippen LogP contribution in [0.15, 0.2) is 146 Å². The van der Waals surface area contributed by atoms with E-state index in [4.69, 9.17) is 9.97 Å². The van der Waals surface area contributed by atoms with Crippen LogP contribution in [0.1, 0.15) is 0 Å². The highest BCUT2D eigenvalue weighted by molar-refractivity contribution is 7.26. The second-order valence-corrected chi connectivity index (χ2v) is 13.2. The highest BCUT2D eigenvalue weighted by Gasteiger charge is 2.14. The maximum atomic E-state index is 5.19. The lowest BCUT2D eigenvalue weighted by Crippen LogP contribution is -1.96. The normalized spacial score (nSPS) is 11.6. The van der Waals surface area contributed by atoms with Crippen LogP contribution in [-0.4, -0.2) is 9.97 Å². The first-order valence-electron chi connectivity index (χ1n) is 14.7. The van der Waals surface area contributed by atoms with Gasteiger partial charge in [0, 0.05) is 57.0 Å². The van der Waals surface area contributed by atoms with Crippen LogP contribution in [0.2, 0.25) is 0 Å². The van der Waals surface area contributed by atoms with Crippen molar-refractivity contribution in [3.05, 3.63) is 146 Å². The van der Waals surface area contributed by atoms with Gasteiger partial charge in [0.15, 0.2) is 5.82 Å². The summed E-state index contributed by atoms with van der Waals surface area (Å²) in [5.74, 6) is 0.725. The van der Waals surface area contributed by atoms with E-state index in [1.54, 1.807) is 0 Å². The maximum absolute atomic E-state index is 5.19. The molecule has 0 radical (unpaired) electrons. The molecule has 4 heteroatoms. The molecule has 206 valence electrons. The molecular weight excluding hydrogens is 573 g/mol. The van der Waals surface area contributed by atoms with Gasteiger partial charge in [0.05, 0.1) is 11.4 Å². The van der Waals surface area contributed by atoms with Crippen molar-refractivity contribution in [2.45, 2.75) is 0 Å². The molecular formula is C40H24N2S2. The smallest absolute Gasteiger partial charge is 0.160 e. The van der Waals surface area contributed by atoms with Crippen LogP contribution >= 0.6 is 22.7 Å². The van der Waals surface area contributed by atoms with Crippen LogP contribution < -0.4 is 0 Å². The molecule has 3 heterocycles. The fourth-order valence-electron chi connectivity index (χ4n) is 6.11. The molecule has 0 saturated heterocycles. The highest BCUT2D eigenvalue weighted by atomic mass is 32.1. The summed E-state index contributed by atoms with van der Waals surface area (Å²) < 4.78 is 5.14. The number of hydrogen-bond donors (Lipinski definition) is 0. The fourth-order valence-corrected chi connectivity index (χ4v) is 8.40. The number of fused-ring (bicyclic) bond motifs is 6. The zero-order valence-corrected chi connectivity index (χ0v) is 25.2. The second kappa shape index (κ2) is 10.2. The summed E-state index contributed by atoms with van der Waals surface area (Å²) in [7, 11) is 0. The highest BCUT2D eigenvalue weighted by Crippen LogP contribution is 2.39. The predicted molar refractivity (Wildman–Crippen MR) is 190 cm³/mol. The number of thiophene rings is 2. The minimum atomic E-state index is 0.725. The van der Waals surface area contributed by atoms with Crippen molar-refractivity contribution in [2.24, 2.45) is 0 Å². The van der Waals surface area contributed by atoms with E-state index >= 15 is 0 Å². The molecule has 0 atom stereocenters. The van der Waals surface area contributed by atoms with Gasteiger partial charge in [-0.05, 0) is 47.5 Å². The number of nitrogens with zero attached hydrogens (tertiary/aromatic N) is 2. The van der Waals surface area contributed by atoms with Gasteiger partial charge in [-0.2, -0.15) is 0 Å². The van der Waals surface area contributed by atoms with E-state index in [1.165, 1.54) is 45.9 Å². The standard InChI is InChI=1S/C40H24N2S2/c1-2-9-25(10-3-1)26-11-8-12-29(21-26)40-41-34(27-17-19-32-30-13-4-6-15-36(30)43-38(32)22-27)24-35(42-40)28-18-20-33-31-14-5-7-16-37(31)44-39(33)23-28/h1-24H. The summed E-state index contributed by atoms with van der Waals surface area (Å²) >= 11 is 3.67. The molecule has 0 bridgehead atoms. The van der Waals surface area contributed by atoms with E-state index < -0.39 is 0 Å². The molecule has 0 saturated carbocycles. The first kappa shape index (κ1) is 25.3. The SMILES string of the molecule is c1ccc(-c2cccc(-c3nc(-c4ccc5c(c4)sc4ccccc45)cc(-c4ccc5c(c4)sc4ccccc45)n3)c2)cc1. The van der Waals surface area contributed by atoms with E-state index in [0.717, 1.165) is 39.5 Å². The summed E-state index contributed by atoms with van der Waals surface area (Å²) in [5, 5.41) is 5.18. The van der Waals surface area contributed by atoms with Crippen LogP contribution in [-0.2, 0) is 0 Å². The van der Waals surface area contributed by atoms with Crippen LogP contribution in [0.4, 0.5) is 0 Å². The quantitative estimate of drug-likeness (QED) is 0.202. The molecule has 9 aromatic rings. The van der Waals surface area contributed by atoms with Crippen molar-refractivity contribution < 1.29 is 0 Å². The minimum Gasteiger partial charge on any atom is -0.228 e. The lowest BCUT2D eigenvalue weighted by atomic mass is 10.0. The second-order valence-electron chi connectivity index (χ2n) is 11.0. The molecule has 9 rings (SSSR count). The maximum Gasteiger partial charge on any atom is 0.160 e. The molecule has 2 nitrogen and oxygen atoms in total. The first-order chi connectivity index (χ1) is 21.8. The van der Waals surface area contributed by atoms with Gasteiger partial charge in [-0.25, -0.2) is 9.97 Å². The molecule has 3 aromatic heterocycles. The molecule has 0 aliphatic carbocycles. The number of hydrogen-bond acceptors (Lipinski definition) is 4. The van der Waals surface area contributed by atoms with Crippen molar-refractivity contribution in [1.29, 1.82) is 0 Å². The lowest BCUT2D eigenvalue weighted by molar-refractivity contribution is 1.18. The minimum absolute atomic E-state index is 0.725. The van der Waals surface area contributed by atoms with Crippen LogP contribution in [0.3, 0.4) is 0 Å². The zero-order chi connectivity index (χ0) is 29.0. The van der Waals surface area contributed by atoms with Crippen LogP contribution in [0, 0.1) is 0 Å². The monoisotopic (exact) mass is 596 g/mol. The van der Waals surface area contributed by atoms with E-state index in [2.05, 4.69) is 140 Å². The van der Waals surface area contributed by atoms with Gasteiger partial charge in [-0.3, -0.25) is 0 Å². The van der Waals surface area contributed by atoms with Gasteiger partial charge in [0.1, 0.15) is 0 Å². The molecule has 0 amide bonds. The Labute approximate surface area is 262 Å². The topological polar surface area (TPSA) is 25.8 Å². The van der Waals surface area contributed by atoms with Gasteiger partial charge in [0.2, 0.25) is 0 Å². The van der Waals surface area contributed by atoms with Crippen LogP contribution in [0.5, 0.6) is 0 Å². The Morgan fingerprint density at radius 3 is 1.43 bits per heavy atom. The molecule has 0 N–H and O–H groups in total. The van der Waals surface area contributed by atoms with Gasteiger partial charge in [-0.15, -0.1) is 22.7 Å². The molecule has 0 aliphatic heterocycles. The van der Waals surface area contributed by atoms with E-state index in [9.17, 15) is 0 Å². The molecule has 6 aromatic carbocycles. The Bertz CT molecular complexity index is 2370. The van der Waals surface area contributed by atoms with Crippen molar-refractivity contribution in [1.82, 2.24) is 9.97 Å². The summed E-state index contributed by atoms with van der Waals surface area (Å²) in [4.78, 5) is 10.4. The third-order valence-corrected chi connectivity index (χ3v) is 10.6. The summed E-state index contributed by atoms with van der Waals surface area (Å²) in [6.07, 6.45) is 0. The lowest BCUT2D eigenvalue weighted by Gasteiger charge is -2.11. The number of benzene rings is 6. The summed E-state index contributed by atoms with van der Waals surface area (Å²) in [5.41, 5.74) is 7.36. The number of aromatic nitrogens is 2. The zero-order valence-electron chi connectivity index (χ0n) is 23.6. The van der Waals surface area contributed by atoms with Crippen LogP contribution in [0.25, 0.3) is 85.4 Å². The Kier molecular flexibility index (Phi) is 5.90. The largest absolute Gasteiger partial charge is 0.228 e. The van der Waals surface area contributed by atoms with E-state index in [-0.39, 0.29) is 0 Å². The molecule has 44 heavy (non-hydrogen) atoms. The fraction of sp³-hybridized carbons (Fsp3) is 0. The van der Waals surface area contributed by atoms with Gasteiger partial charge in [0.25, 0.3) is 0 Å². The molecule has 0 aliphatic rings. The Balaban J connectivity index is 1.24. The van der Waals surface area contributed by atoms with Gasteiger partial charge < -0.3 is 0 Å². The van der Waals surface area contributed by atoms with E-state index in [0.29, 0.717) is 0 Å². The van der Waals surface area contributed by atoms with Crippen molar-refractivity contribution in [3.63, 3.8) is 0 Å². The molecule has 0 fully saturated rings. The average Bonchev–Trinajstić information content (AvgIpc) is 3.66. The number of rotatable bonds is 4. The third-order valence-electron chi connectivity index (χ3n) is 8.30. The van der Waals surface area contributed by atoms with Crippen molar-refractivity contribution in [3.8, 4) is 45.0 Å². The Morgan fingerprint density at radius 1 is 0.318 bits per heavy atom. The summed E-state index contributed by atoms with van der Waals surface area (Å²) in [6, 6.07) is 51.9. The third kappa shape index (κ3) is 4.31. The summed E-state index contributed by atoms with van der Waals surface area (Å²) in [6.45, 7) is 0. The average molecular weight is 597 g/mol. The van der Waals surface area contributed by atoms with Crippen molar-refractivity contribution >= 4 is 63.0 Å². The first-order valence-corrected chi connectivity index (χ1v) is 16.3. The molecule has 0 unspecified atom stereocenters. The van der Waals surface area contributed by atoms with Gasteiger partial charge in [-0.1, -0.05) is 109 Å². The Hall–Kier alpha value is -5.16. The van der Waals surface area contributed by atoms with E-state index in [1.807, 2.05) is 28.7 Å². The molecule has 0 spiro atoms. The van der Waals surface area contributed by atoms with Crippen molar-refractivity contribution in [2.75, 3.05) is 0 Å².